The first-order valence-electron chi connectivity index (χ1n) is 7.01. The highest BCUT2D eigenvalue weighted by molar-refractivity contribution is 14.1. The fraction of sp³-hybridized carbons (Fsp3) is 0.0667. The van der Waals surface area contributed by atoms with Gasteiger partial charge in [-0.1, -0.05) is 6.07 Å². The Morgan fingerprint density at radius 3 is 2.73 bits per heavy atom. The highest BCUT2D eigenvalue weighted by Gasteiger charge is 2.31. The van der Waals surface area contributed by atoms with E-state index in [1.165, 1.54) is 0 Å². The van der Waals surface area contributed by atoms with Crippen LogP contribution in [-0.4, -0.2) is 10.9 Å². The van der Waals surface area contributed by atoms with Gasteiger partial charge in [-0.05, 0) is 50.2 Å². The molecule has 0 saturated heterocycles. The normalized spacial score (nSPS) is 15.1. The Morgan fingerprint density at radius 1 is 1.35 bits per heavy atom. The van der Waals surface area contributed by atoms with Gasteiger partial charge in [0, 0.05) is 9.13 Å². The molecular formula is C15H9BrFIN8. The van der Waals surface area contributed by atoms with Gasteiger partial charge in [0.15, 0.2) is 12.0 Å². The number of halogens is 3. The van der Waals surface area contributed by atoms with Gasteiger partial charge in [-0.25, -0.2) is 14.4 Å². The van der Waals surface area contributed by atoms with Crippen LogP contribution in [0.5, 0.6) is 0 Å². The van der Waals surface area contributed by atoms with Crippen molar-refractivity contribution in [2.24, 2.45) is 4.99 Å². The van der Waals surface area contributed by atoms with Crippen LogP contribution in [0, 0.1) is 32.2 Å². The van der Waals surface area contributed by atoms with Crippen molar-refractivity contribution < 1.29 is 4.39 Å². The number of aromatic nitrogens is 1. The number of rotatable bonds is 1. The first-order chi connectivity index (χ1) is 12.4. The standard InChI is InChI=1S/C15H9BrFIN8/c16-9-5(1-2-7(18)10(9)17)12-8-11(21)6(3-19)13(22)25-14(8)26-15(24-12)23-4-20/h1-2,12H,(H6,21,22,23,24,25,26). The number of nitrogens with zero attached hydrogens (tertiary/aromatic N) is 4. The zero-order chi connectivity index (χ0) is 19.0. The molecule has 1 aromatic heterocycles. The molecule has 0 saturated carbocycles. The van der Waals surface area contributed by atoms with Gasteiger partial charge in [-0.2, -0.15) is 10.5 Å². The van der Waals surface area contributed by atoms with Crippen LogP contribution in [0.4, 0.5) is 21.7 Å². The third kappa shape index (κ3) is 2.89. The summed E-state index contributed by atoms with van der Waals surface area (Å²) in [5.74, 6) is -0.161. The summed E-state index contributed by atoms with van der Waals surface area (Å²) in [6.45, 7) is 0. The van der Waals surface area contributed by atoms with Crippen LogP contribution in [0.2, 0.25) is 0 Å². The minimum absolute atomic E-state index is 0.0181. The van der Waals surface area contributed by atoms with Gasteiger partial charge >= 0.3 is 0 Å². The third-order valence-corrected chi connectivity index (χ3v) is 5.36. The second kappa shape index (κ2) is 6.93. The first-order valence-corrected chi connectivity index (χ1v) is 8.88. The molecule has 2 heterocycles. The number of nitrogens with two attached hydrogens (primary N) is 2. The van der Waals surface area contributed by atoms with E-state index >= 15 is 0 Å². The van der Waals surface area contributed by atoms with Gasteiger partial charge in [0.05, 0.1) is 10.2 Å². The average Bonchev–Trinajstić information content (AvgIpc) is 2.59. The van der Waals surface area contributed by atoms with Gasteiger partial charge < -0.3 is 16.8 Å². The van der Waals surface area contributed by atoms with Crippen LogP contribution < -0.4 is 22.1 Å². The number of aliphatic imine (C=N–C) groups is 1. The van der Waals surface area contributed by atoms with E-state index in [1.54, 1.807) is 18.3 Å². The second-order valence-corrected chi connectivity index (χ2v) is 7.12. The van der Waals surface area contributed by atoms with Crippen LogP contribution in [0.1, 0.15) is 22.7 Å². The molecular weight excluding hydrogens is 518 g/mol. The van der Waals surface area contributed by atoms with Crippen LogP contribution in [0.25, 0.3) is 0 Å². The second-order valence-electron chi connectivity index (χ2n) is 5.17. The molecule has 0 aliphatic carbocycles. The molecule has 0 fully saturated rings. The molecule has 0 amide bonds. The molecule has 130 valence electrons. The summed E-state index contributed by atoms with van der Waals surface area (Å²) in [6.07, 6.45) is 1.75. The molecule has 11 heteroatoms. The lowest BCUT2D eigenvalue weighted by Crippen LogP contribution is -2.33. The number of anilines is 3. The number of fused-ring (bicyclic) bond motifs is 1. The maximum absolute atomic E-state index is 14.4. The lowest BCUT2D eigenvalue weighted by atomic mass is 9.95. The van der Waals surface area contributed by atoms with Crippen molar-refractivity contribution in [3.05, 3.63) is 42.7 Å². The predicted molar refractivity (Wildman–Crippen MR) is 106 cm³/mol. The molecule has 1 aromatic carbocycles. The topological polar surface area (TPSA) is 149 Å². The van der Waals surface area contributed by atoms with Crippen molar-refractivity contribution in [3.63, 3.8) is 0 Å². The summed E-state index contributed by atoms with van der Waals surface area (Å²) in [6, 6.07) is 4.39. The van der Waals surface area contributed by atoms with Gasteiger partial charge in [0.1, 0.15) is 29.3 Å². The van der Waals surface area contributed by atoms with Crippen LogP contribution in [-0.2, 0) is 0 Å². The van der Waals surface area contributed by atoms with E-state index in [4.69, 9.17) is 16.7 Å². The lowest BCUT2D eigenvalue weighted by molar-refractivity contribution is 0.608. The zero-order valence-corrected chi connectivity index (χ0v) is 16.6. The SMILES string of the molecule is N#CNC1=NC(c2ccc(I)c(F)c2Br)c2c(nc(N)c(C#N)c2N)N1. The molecule has 2 aromatic rings. The van der Waals surface area contributed by atoms with Crippen LogP contribution in [0.15, 0.2) is 21.6 Å². The number of nitrogen functional groups attached to an aromatic ring is 2. The van der Waals surface area contributed by atoms with Crippen LogP contribution in [0.3, 0.4) is 0 Å². The summed E-state index contributed by atoms with van der Waals surface area (Å²) >= 11 is 5.12. The van der Waals surface area contributed by atoms with E-state index in [1.807, 2.05) is 28.7 Å². The van der Waals surface area contributed by atoms with Crippen molar-refractivity contribution >= 4 is 61.8 Å². The van der Waals surface area contributed by atoms with E-state index in [-0.39, 0.29) is 33.3 Å². The Balaban J connectivity index is 2.31. The first kappa shape index (κ1) is 18.2. The van der Waals surface area contributed by atoms with Crippen molar-refractivity contribution in [2.45, 2.75) is 6.04 Å². The number of hydrogen-bond acceptors (Lipinski definition) is 8. The van der Waals surface area contributed by atoms with Crippen molar-refractivity contribution in [3.8, 4) is 12.3 Å². The Hall–Kier alpha value is -2.64. The van der Waals surface area contributed by atoms with Crippen LogP contribution >= 0.6 is 38.5 Å². The van der Waals surface area contributed by atoms with E-state index in [2.05, 4.69) is 36.5 Å². The zero-order valence-electron chi connectivity index (χ0n) is 12.8. The van der Waals surface area contributed by atoms with Gasteiger partial charge in [0.25, 0.3) is 0 Å². The number of nitrogens with one attached hydrogen (secondary N) is 2. The highest BCUT2D eigenvalue weighted by Crippen LogP contribution is 2.43. The molecule has 1 atom stereocenters. The number of nitriles is 2. The largest absolute Gasteiger partial charge is 0.397 e. The molecule has 26 heavy (non-hydrogen) atoms. The van der Waals surface area contributed by atoms with E-state index in [9.17, 15) is 9.65 Å². The van der Waals surface area contributed by atoms with Crippen molar-refractivity contribution in [1.82, 2.24) is 10.3 Å². The maximum Gasteiger partial charge on any atom is 0.211 e. The van der Waals surface area contributed by atoms with Gasteiger partial charge in [-0.15, -0.1) is 0 Å². The number of pyridine rings is 1. The smallest absolute Gasteiger partial charge is 0.211 e. The molecule has 0 bridgehead atoms. The summed E-state index contributed by atoms with van der Waals surface area (Å²) in [4.78, 5) is 8.53. The lowest BCUT2D eigenvalue weighted by Gasteiger charge is -2.26. The van der Waals surface area contributed by atoms with Gasteiger partial charge in [0.2, 0.25) is 5.96 Å². The van der Waals surface area contributed by atoms with Crippen molar-refractivity contribution in [1.29, 1.82) is 10.5 Å². The number of guanidine groups is 1. The molecule has 1 aliphatic rings. The third-order valence-electron chi connectivity index (χ3n) is 3.72. The Morgan fingerprint density at radius 2 is 2.08 bits per heavy atom. The monoisotopic (exact) mass is 526 g/mol. The summed E-state index contributed by atoms with van der Waals surface area (Å²) in [7, 11) is 0. The maximum atomic E-state index is 14.4. The summed E-state index contributed by atoms with van der Waals surface area (Å²) < 4.78 is 15.0. The molecule has 6 N–H and O–H groups in total. The van der Waals surface area contributed by atoms with Crippen molar-refractivity contribution in [2.75, 3.05) is 16.8 Å². The van der Waals surface area contributed by atoms with E-state index in [0.717, 1.165) is 0 Å². The molecule has 8 nitrogen and oxygen atoms in total. The molecule has 0 radical (unpaired) electrons. The molecule has 3 rings (SSSR count). The summed E-state index contributed by atoms with van der Waals surface area (Å²) in [5.41, 5.74) is 12.9. The average molecular weight is 527 g/mol. The molecule has 1 unspecified atom stereocenters. The highest BCUT2D eigenvalue weighted by atomic mass is 127. The molecule has 0 spiro atoms. The minimum atomic E-state index is -0.803. The Labute approximate surface area is 169 Å². The predicted octanol–water partition coefficient (Wildman–Crippen LogP) is 2.57. The fourth-order valence-electron chi connectivity index (χ4n) is 2.56. The van der Waals surface area contributed by atoms with E-state index < -0.39 is 11.9 Å². The quantitative estimate of drug-likeness (QED) is 0.193. The Kier molecular flexibility index (Phi) is 4.84. The molecule has 1 aliphatic heterocycles. The number of hydrogen-bond donors (Lipinski definition) is 4. The van der Waals surface area contributed by atoms with Gasteiger partial charge in [-0.3, -0.25) is 5.32 Å². The summed E-state index contributed by atoms with van der Waals surface area (Å²) in [5, 5.41) is 23.4. The minimum Gasteiger partial charge on any atom is -0.397 e. The Bertz CT molecular complexity index is 1040. The fourth-order valence-corrected chi connectivity index (χ4v) is 3.94. The van der Waals surface area contributed by atoms with E-state index in [0.29, 0.717) is 14.7 Å². The number of benzene rings is 1.